The molecule has 8 heteroatoms. The van der Waals surface area contributed by atoms with Gasteiger partial charge in [-0.15, -0.1) is 0 Å². The van der Waals surface area contributed by atoms with Crippen molar-refractivity contribution in [3.05, 3.63) is 59.2 Å². The van der Waals surface area contributed by atoms with Gasteiger partial charge in [0.25, 0.3) is 0 Å². The summed E-state index contributed by atoms with van der Waals surface area (Å²) in [4.78, 5) is 20.1. The minimum absolute atomic E-state index is 0.277. The predicted octanol–water partition coefficient (Wildman–Crippen LogP) is 2.35. The highest BCUT2D eigenvalue weighted by molar-refractivity contribution is 5.48. The number of benzene rings is 1. The van der Waals surface area contributed by atoms with Gasteiger partial charge in [0.2, 0.25) is 5.82 Å². The van der Waals surface area contributed by atoms with E-state index in [0.29, 0.717) is 23.9 Å². The standard InChI is InChI=1S/C20H22N4O4/c25-20-22-19(23-28-20)18-7-6-17(14-21-18)26-13-12-24-10-8-16(9-11-24)27-15-4-2-1-3-5-15/h1-7,14,16H,8-13H2,(H,22,23,25). The third-order valence-corrected chi connectivity index (χ3v) is 4.68. The molecule has 0 saturated carbocycles. The molecule has 1 saturated heterocycles. The quantitative estimate of drug-likeness (QED) is 0.670. The molecule has 0 unspecified atom stereocenters. The van der Waals surface area contributed by atoms with E-state index in [9.17, 15) is 4.79 Å². The second kappa shape index (κ2) is 8.71. The van der Waals surface area contributed by atoms with Crippen LogP contribution in [0.2, 0.25) is 0 Å². The fourth-order valence-electron chi connectivity index (χ4n) is 3.18. The second-order valence-corrected chi connectivity index (χ2v) is 6.64. The van der Waals surface area contributed by atoms with Crippen molar-refractivity contribution in [3.63, 3.8) is 0 Å². The Labute approximate surface area is 162 Å². The first-order valence-corrected chi connectivity index (χ1v) is 9.35. The van der Waals surface area contributed by atoms with Crippen molar-refractivity contribution in [1.29, 1.82) is 0 Å². The molecule has 3 aromatic rings. The van der Waals surface area contributed by atoms with Gasteiger partial charge in [0, 0.05) is 19.6 Å². The van der Waals surface area contributed by atoms with Crippen molar-refractivity contribution >= 4 is 0 Å². The summed E-state index contributed by atoms with van der Waals surface area (Å²) in [6, 6.07) is 13.5. The van der Waals surface area contributed by atoms with Crippen LogP contribution in [0.1, 0.15) is 12.8 Å². The summed E-state index contributed by atoms with van der Waals surface area (Å²) < 4.78 is 16.3. The Morgan fingerprint density at radius 2 is 1.93 bits per heavy atom. The zero-order valence-corrected chi connectivity index (χ0v) is 15.4. The number of hydrogen-bond donors (Lipinski definition) is 1. The van der Waals surface area contributed by atoms with Crippen molar-refractivity contribution in [2.75, 3.05) is 26.2 Å². The molecule has 1 aromatic carbocycles. The average Bonchev–Trinajstić information content (AvgIpc) is 3.17. The highest BCUT2D eigenvalue weighted by Gasteiger charge is 2.20. The minimum Gasteiger partial charge on any atom is -0.491 e. The molecule has 1 fully saturated rings. The molecule has 3 heterocycles. The van der Waals surface area contributed by atoms with Gasteiger partial charge in [-0.05, 0) is 37.1 Å². The summed E-state index contributed by atoms with van der Waals surface area (Å²) in [5.74, 6) is 1.32. The Kier molecular flexibility index (Phi) is 5.67. The number of nitrogens with zero attached hydrogens (tertiary/aromatic N) is 3. The number of aromatic nitrogens is 3. The summed E-state index contributed by atoms with van der Waals surface area (Å²) in [5.41, 5.74) is 0.527. The number of para-hydroxylation sites is 1. The molecular formula is C20H22N4O4. The highest BCUT2D eigenvalue weighted by Crippen LogP contribution is 2.19. The molecule has 4 rings (SSSR count). The van der Waals surface area contributed by atoms with E-state index >= 15 is 0 Å². The monoisotopic (exact) mass is 382 g/mol. The lowest BCUT2D eigenvalue weighted by molar-refractivity contribution is 0.0915. The van der Waals surface area contributed by atoms with Crippen LogP contribution in [0, 0.1) is 0 Å². The Hall–Kier alpha value is -3.13. The number of rotatable bonds is 7. The largest absolute Gasteiger partial charge is 0.491 e. The van der Waals surface area contributed by atoms with Crippen LogP contribution < -0.4 is 15.2 Å². The van der Waals surface area contributed by atoms with Crippen LogP contribution in [-0.4, -0.2) is 52.4 Å². The number of H-pyrrole nitrogens is 1. The van der Waals surface area contributed by atoms with E-state index in [0.717, 1.165) is 38.2 Å². The number of pyridine rings is 1. The van der Waals surface area contributed by atoms with Gasteiger partial charge in [-0.1, -0.05) is 23.4 Å². The first-order chi connectivity index (χ1) is 13.8. The predicted molar refractivity (Wildman–Crippen MR) is 102 cm³/mol. The lowest BCUT2D eigenvalue weighted by Crippen LogP contribution is -2.40. The fraction of sp³-hybridized carbons (Fsp3) is 0.350. The topological polar surface area (TPSA) is 93.5 Å². The van der Waals surface area contributed by atoms with Crippen molar-refractivity contribution in [2.24, 2.45) is 0 Å². The Morgan fingerprint density at radius 1 is 1.11 bits per heavy atom. The maximum atomic E-state index is 11.0. The molecule has 0 spiro atoms. The van der Waals surface area contributed by atoms with Gasteiger partial charge in [0.1, 0.15) is 29.9 Å². The van der Waals surface area contributed by atoms with Crippen molar-refractivity contribution in [3.8, 4) is 23.0 Å². The first-order valence-electron chi connectivity index (χ1n) is 9.35. The van der Waals surface area contributed by atoms with E-state index < -0.39 is 5.76 Å². The minimum atomic E-state index is -0.602. The molecular weight excluding hydrogens is 360 g/mol. The van der Waals surface area contributed by atoms with E-state index in [-0.39, 0.29) is 6.10 Å². The molecule has 8 nitrogen and oxygen atoms in total. The summed E-state index contributed by atoms with van der Waals surface area (Å²) in [5, 5.41) is 3.61. The number of ether oxygens (including phenoxy) is 2. The van der Waals surface area contributed by atoms with Crippen LogP contribution in [0.5, 0.6) is 11.5 Å². The first kappa shape index (κ1) is 18.2. The Morgan fingerprint density at radius 3 is 2.61 bits per heavy atom. The van der Waals surface area contributed by atoms with Crippen LogP contribution in [0.15, 0.2) is 58.0 Å². The molecule has 0 radical (unpaired) electrons. The summed E-state index contributed by atoms with van der Waals surface area (Å²) >= 11 is 0. The maximum absolute atomic E-state index is 11.0. The van der Waals surface area contributed by atoms with Crippen molar-refractivity contribution < 1.29 is 14.0 Å². The summed E-state index contributed by atoms with van der Waals surface area (Å²) in [7, 11) is 0. The number of piperidine rings is 1. The molecule has 0 bridgehead atoms. The van der Waals surface area contributed by atoms with Crippen LogP contribution in [0.4, 0.5) is 0 Å². The zero-order valence-electron chi connectivity index (χ0n) is 15.4. The lowest BCUT2D eigenvalue weighted by atomic mass is 10.1. The van der Waals surface area contributed by atoms with Crippen LogP contribution >= 0.6 is 0 Å². The van der Waals surface area contributed by atoms with Crippen LogP contribution in [-0.2, 0) is 0 Å². The Bertz CT molecular complexity index is 915. The normalized spacial score (nSPS) is 15.4. The van der Waals surface area contributed by atoms with Gasteiger partial charge in [0.05, 0.1) is 6.20 Å². The highest BCUT2D eigenvalue weighted by atomic mass is 16.5. The third-order valence-electron chi connectivity index (χ3n) is 4.68. The van der Waals surface area contributed by atoms with E-state index in [1.54, 1.807) is 18.3 Å². The molecule has 146 valence electrons. The van der Waals surface area contributed by atoms with Crippen molar-refractivity contribution in [2.45, 2.75) is 18.9 Å². The van der Waals surface area contributed by atoms with Gasteiger partial charge in [0.15, 0.2) is 0 Å². The second-order valence-electron chi connectivity index (χ2n) is 6.64. The molecule has 0 atom stereocenters. The molecule has 28 heavy (non-hydrogen) atoms. The SMILES string of the molecule is O=c1[nH]c(-c2ccc(OCCN3CCC(Oc4ccccc4)CC3)cn2)no1. The van der Waals surface area contributed by atoms with Crippen molar-refractivity contribution in [1.82, 2.24) is 20.0 Å². The number of nitrogens with one attached hydrogen (secondary N) is 1. The smallest absolute Gasteiger partial charge is 0.439 e. The van der Waals surface area contributed by atoms with Gasteiger partial charge in [-0.2, -0.15) is 0 Å². The van der Waals surface area contributed by atoms with Gasteiger partial charge < -0.3 is 9.47 Å². The van der Waals surface area contributed by atoms with Gasteiger partial charge >= 0.3 is 5.76 Å². The van der Waals surface area contributed by atoms with E-state index in [1.165, 1.54) is 0 Å². The van der Waals surface area contributed by atoms with E-state index in [4.69, 9.17) is 9.47 Å². The number of likely N-dealkylation sites (tertiary alicyclic amines) is 1. The average molecular weight is 382 g/mol. The summed E-state index contributed by atoms with van der Waals surface area (Å²) in [6.45, 7) is 3.44. The van der Waals surface area contributed by atoms with Crippen LogP contribution in [0.3, 0.4) is 0 Å². The zero-order chi connectivity index (χ0) is 19.2. The molecule has 0 amide bonds. The molecule has 1 N–H and O–H groups in total. The molecule has 2 aromatic heterocycles. The maximum Gasteiger partial charge on any atom is 0.439 e. The van der Waals surface area contributed by atoms with Crippen LogP contribution in [0.25, 0.3) is 11.5 Å². The molecule has 0 aliphatic carbocycles. The van der Waals surface area contributed by atoms with E-state index in [2.05, 4.69) is 24.5 Å². The molecule has 1 aliphatic heterocycles. The van der Waals surface area contributed by atoms with E-state index in [1.807, 2.05) is 30.3 Å². The van der Waals surface area contributed by atoms with Gasteiger partial charge in [-0.25, -0.2) is 9.78 Å². The third kappa shape index (κ3) is 4.77. The number of hydrogen-bond acceptors (Lipinski definition) is 7. The lowest BCUT2D eigenvalue weighted by Gasteiger charge is -2.32. The summed E-state index contributed by atoms with van der Waals surface area (Å²) in [6.07, 6.45) is 3.92. The Balaban J connectivity index is 1.18. The fourth-order valence-corrected chi connectivity index (χ4v) is 3.18. The number of aromatic amines is 1. The molecule has 1 aliphatic rings. The van der Waals surface area contributed by atoms with Gasteiger partial charge in [-0.3, -0.25) is 14.4 Å².